The molecule has 0 spiro atoms. The number of ketones is 1. The highest BCUT2D eigenvalue weighted by molar-refractivity contribution is 5.94. The van der Waals surface area contributed by atoms with Gasteiger partial charge in [0.05, 0.1) is 26.3 Å². The molecule has 25 heteroatoms. The predicted molar refractivity (Wildman–Crippen MR) is 265 cm³/mol. The van der Waals surface area contributed by atoms with Gasteiger partial charge in [-0.05, 0) is 38.2 Å². The Morgan fingerprint density at radius 1 is 0.600 bits per heavy atom. The maximum absolute atomic E-state index is 13.5. The van der Waals surface area contributed by atoms with E-state index >= 15 is 0 Å². The maximum Gasteiger partial charge on any atom is 0.303 e. The molecule has 0 saturated carbocycles. The van der Waals surface area contributed by atoms with Crippen molar-refractivity contribution in [3.63, 3.8) is 0 Å². The zero-order valence-corrected chi connectivity index (χ0v) is 42.9. The second-order valence-corrected chi connectivity index (χ2v) is 18.9. The number of aliphatic hydroxyl groups excluding tert-OH is 6. The van der Waals surface area contributed by atoms with Crippen molar-refractivity contribution in [1.29, 1.82) is 0 Å². The quantitative estimate of drug-likeness (QED) is 0.0319. The standard InChI is InChI=1S/C50H80N6O19/c1-30(59)17-16-20-37(61)52-27-39(63)55-33(21-22-40(64)65)48(71)56-34(25-32-18-12-11-13-19-32)47(70)53-26-38(62)51-23-14-9-7-5-3-4-6-8-10-15-24-72-49-41(54-31(2)60)43(67)46(36(29-58)74-49)75-50-45(69)44(68)42(66)35(28-57)73-50/h11-13,18-19,33-36,41-46,49-50,57-58,66-69H,3-10,14-17,20-29H2,1-2H3,(H,51,62)(H,52,61)(H,53,70)(H,54,60)(H,55,63)(H,56,71)(H,64,65)/t33-,34-,35+,36+,41+,42-,43+,44-,45+,46+,49+,50-/m0/s1. The molecule has 13 N–H and O–H groups in total. The molecule has 2 aliphatic heterocycles. The number of hydrogen-bond donors (Lipinski definition) is 13. The number of rotatable bonds is 36. The maximum atomic E-state index is 13.5. The van der Waals surface area contributed by atoms with Crippen molar-refractivity contribution >= 4 is 47.2 Å². The Morgan fingerprint density at radius 3 is 1.83 bits per heavy atom. The first-order valence-electron chi connectivity index (χ1n) is 25.8. The first kappa shape index (κ1) is 64.1. The number of unbranched alkanes of at least 4 members (excludes halogenated alkanes) is 9. The van der Waals surface area contributed by atoms with Crippen LogP contribution in [0.4, 0.5) is 0 Å². The van der Waals surface area contributed by atoms with Gasteiger partial charge in [-0.2, -0.15) is 0 Å². The number of carboxylic acids is 1. The molecule has 2 heterocycles. The number of hydrogen-bond acceptors (Lipinski definition) is 18. The van der Waals surface area contributed by atoms with E-state index < -0.39 is 141 Å². The fourth-order valence-electron chi connectivity index (χ4n) is 8.40. The summed E-state index contributed by atoms with van der Waals surface area (Å²) in [5.74, 6) is -5.01. The molecule has 3 rings (SSSR count). The molecule has 0 aliphatic carbocycles. The average molecular weight is 1070 g/mol. The third-order valence-corrected chi connectivity index (χ3v) is 12.6. The van der Waals surface area contributed by atoms with Crippen LogP contribution in [0.5, 0.6) is 0 Å². The van der Waals surface area contributed by atoms with Crippen LogP contribution >= 0.6 is 0 Å². The number of amides is 6. The van der Waals surface area contributed by atoms with Crippen LogP contribution in [-0.2, 0) is 63.7 Å². The molecule has 424 valence electrons. The smallest absolute Gasteiger partial charge is 0.303 e. The number of aliphatic carboxylic acids is 1. The SMILES string of the molecule is CC(=O)CCCC(=O)NCC(=O)N[C@@H](CCC(=O)O)C(=O)N[C@@H](Cc1ccccc1)C(=O)NCC(=O)NCCCCCCCCCCCCO[C@@H]1O[C@H](CO)[C@@H](O[C@@H]2O[C@H](CO)[C@H](O)[C@H](O)[C@H]2O)[C@H](O)[C@H]1NC(C)=O. The lowest BCUT2D eigenvalue weighted by molar-refractivity contribution is -0.348. The minimum atomic E-state index is -1.77. The topological polar surface area (TPSA) is 387 Å². The van der Waals surface area contributed by atoms with Gasteiger partial charge in [0.15, 0.2) is 12.6 Å². The minimum absolute atomic E-state index is 0.0108. The Morgan fingerprint density at radius 2 is 1.21 bits per heavy atom. The third-order valence-electron chi connectivity index (χ3n) is 12.6. The molecule has 2 aliphatic rings. The lowest BCUT2D eigenvalue weighted by atomic mass is 9.95. The highest BCUT2D eigenvalue weighted by atomic mass is 16.7. The van der Waals surface area contributed by atoms with Crippen molar-refractivity contribution < 1.29 is 93.0 Å². The molecule has 0 unspecified atom stereocenters. The predicted octanol–water partition coefficient (Wildman–Crippen LogP) is -2.14. The molecule has 1 aromatic rings. The van der Waals surface area contributed by atoms with Crippen molar-refractivity contribution in [2.45, 2.75) is 190 Å². The minimum Gasteiger partial charge on any atom is -0.481 e. The largest absolute Gasteiger partial charge is 0.481 e. The van der Waals surface area contributed by atoms with Crippen LogP contribution in [0, 0.1) is 0 Å². The zero-order chi connectivity index (χ0) is 55.3. The number of carboxylic acid groups (broad SMARTS) is 1. The summed E-state index contributed by atoms with van der Waals surface area (Å²) in [6, 6.07) is 5.03. The molecule has 0 bridgehead atoms. The highest BCUT2D eigenvalue weighted by Gasteiger charge is 2.51. The summed E-state index contributed by atoms with van der Waals surface area (Å²) in [5, 5.41) is 86.1. The Balaban J connectivity index is 1.33. The number of carbonyl (C=O) groups excluding carboxylic acids is 7. The van der Waals surface area contributed by atoms with Crippen molar-refractivity contribution in [2.75, 3.05) is 39.5 Å². The van der Waals surface area contributed by atoms with Gasteiger partial charge < -0.3 is 91.4 Å². The Hall–Kier alpha value is -5.22. The summed E-state index contributed by atoms with van der Waals surface area (Å²) in [6.07, 6.45) is -4.58. The summed E-state index contributed by atoms with van der Waals surface area (Å²) in [4.78, 5) is 98.9. The van der Waals surface area contributed by atoms with Crippen LogP contribution < -0.4 is 31.9 Å². The van der Waals surface area contributed by atoms with Gasteiger partial charge in [-0.15, -0.1) is 0 Å². The van der Waals surface area contributed by atoms with E-state index in [2.05, 4.69) is 31.9 Å². The van der Waals surface area contributed by atoms with Gasteiger partial charge in [0.2, 0.25) is 35.4 Å². The number of ether oxygens (including phenoxy) is 4. The number of carbonyl (C=O) groups is 8. The van der Waals surface area contributed by atoms with Crippen molar-refractivity contribution in [3.8, 4) is 0 Å². The van der Waals surface area contributed by atoms with Crippen LogP contribution in [0.1, 0.15) is 116 Å². The van der Waals surface area contributed by atoms with Crippen LogP contribution in [0.3, 0.4) is 0 Å². The van der Waals surface area contributed by atoms with Gasteiger partial charge in [-0.25, -0.2) is 0 Å². The van der Waals surface area contributed by atoms with E-state index in [4.69, 9.17) is 18.9 Å². The Labute approximate surface area is 436 Å². The van der Waals surface area contributed by atoms with Gasteiger partial charge in [0, 0.05) is 45.8 Å². The first-order valence-corrected chi connectivity index (χ1v) is 25.8. The normalized spacial score (nSPS) is 24.2. The van der Waals surface area contributed by atoms with E-state index in [9.17, 15) is 74.1 Å². The van der Waals surface area contributed by atoms with Gasteiger partial charge in [0.1, 0.15) is 66.6 Å². The second kappa shape index (κ2) is 35.2. The monoisotopic (exact) mass is 1070 g/mol. The van der Waals surface area contributed by atoms with Gasteiger partial charge >= 0.3 is 5.97 Å². The summed E-state index contributed by atoms with van der Waals surface area (Å²) in [7, 11) is 0. The number of aliphatic hydroxyl groups is 6. The van der Waals surface area contributed by atoms with Crippen LogP contribution in [0.15, 0.2) is 30.3 Å². The van der Waals surface area contributed by atoms with E-state index in [0.717, 1.165) is 57.8 Å². The van der Waals surface area contributed by atoms with E-state index in [0.29, 0.717) is 24.9 Å². The van der Waals surface area contributed by atoms with Crippen molar-refractivity contribution in [2.24, 2.45) is 0 Å². The summed E-state index contributed by atoms with van der Waals surface area (Å²) in [6.45, 7) is 1.01. The fraction of sp³-hybridized carbons (Fsp3) is 0.720. The van der Waals surface area contributed by atoms with Gasteiger partial charge in [0.25, 0.3) is 0 Å². The van der Waals surface area contributed by atoms with Crippen LogP contribution in [0.25, 0.3) is 0 Å². The molecule has 2 fully saturated rings. The average Bonchev–Trinajstić information content (AvgIpc) is 3.37. The van der Waals surface area contributed by atoms with E-state index in [1.807, 2.05) is 0 Å². The Bertz CT molecular complexity index is 1930. The fourth-order valence-corrected chi connectivity index (χ4v) is 8.40. The molecular formula is C50H80N6O19. The Kier molecular flexibility index (Phi) is 30.0. The zero-order valence-electron chi connectivity index (χ0n) is 42.9. The molecular weight excluding hydrogens is 989 g/mol. The number of Topliss-reactive ketones (excluding diaryl/α,β-unsaturated/α-hetero) is 1. The summed E-state index contributed by atoms with van der Waals surface area (Å²) < 4.78 is 22.9. The number of nitrogens with one attached hydrogen (secondary N) is 6. The molecule has 25 nitrogen and oxygen atoms in total. The van der Waals surface area contributed by atoms with E-state index in [-0.39, 0.29) is 44.6 Å². The summed E-state index contributed by atoms with van der Waals surface area (Å²) in [5.41, 5.74) is 0.681. The lowest BCUT2D eigenvalue weighted by Gasteiger charge is -2.47. The second-order valence-electron chi connectivity index (χ2n) is 18.9. The molecule has 75 heavy (non-hydrogen) atoms. The lowest BCUT2D eigenvalue weighted by Crippen LogP contribution is -2.67. The van der Waals surface area contributed by atoms with Gasteiger partial charge in [-0.1, -0.05) is 81.7 Å². The third kappa shape index (κ3) is 24.1. The molecule has 12 atom stereocenters. The van der Waals surface area contributed by atoms with E-state index in [1.54, 1.807) is 30.3 Å². The van der Waals surface area contributed by atoms with Crippen molar-refractivity contribution in [1.82, 2.24) is 31.9 Å². The molecule has 6 amide bonds. The van der Waals surface area contributed by atoms with Crippen LogP contribution in [0.2, 0.25) is 0 Å². The van der Waals surface area contributed by atoms with Crippen molar-refractivity contribution in [3.05, 3.63) is 35.9 Å². The molecule has 0 aromatic heterocycles. The molecule has 0 radical (unpaired) electrons. The van der Waals surface area contributed by atoms with Crippen LogP contribution in [-0.4, -0.2) is 196 Å². The first-order chi connectivity index (χ1) is 35.8. The highest BCUT2D eigenvalue weighted by Crippen LogP contribution is 2.30. The number of benzene rings is 1. The summed E-state index contributed by atoms with van der Waals surface area (Å²) >= 11 is 0. The molecule has 1 aromatic carbocycles. The molecule has 2 saturated heterocycles. The van der Waals surface area contributed by atoms with E-state index in [1.165, 1.54) is 13.8 Å². The van der Waals surface area contributed by atoms with Gasteiger partial charge in [-0.3, -0.25) is 33.6 Å².